The first kappa shape index (κ1) is 11.6. The number of benzene rings is 1. The number of para-hydroxylation sites is 2. The van der Waals surface area contributed by atoms with Crippen molar-refractivity contribution < 1.29 is 4.79 Å². The largest absolute Gasteiger partial charge is 0.340 e. The van der Waals surface area contributed by atoms with Gasteiger partial charge < -0.3 is 9.47 Å². The Morgan fingerprint density at radius 2 is 2.11 bits per heavy atom. The van der Waals surface area contributed by atoms with Crippen LogP contribution in [-0.4, -0.2) is 33.0 Å². The Labute approximate surface area is 110 Å². The third-order valence-electron chi connectivity index (χ3n) is 3.23. The van der Waals surface area contributed by atoms with Crippen LogP contribution >= 0.6 is 11.8 Å². The van der Waals surface area contributed by atoms with E-state index in [4.69, 9.17) is 0 Å². The van der Waals surface area contributed by atoms with E-state index in [2.05, 4.69) is 20.5 Å². The molecule has 0 atom stereocenters. The zero-order valence-electron chi connectivity index (χ0n) is 10.5. The van der Waals surface area contributed by atoms with E-state index in [9.17, 15) is 4.79 Å². The Hall–Kier alpha value is -1.49. The summed E-state index contributed by atoms with van der Waals surface area (Å²) in [5.41, 5.74) is 2.17. The number of hydrogen-bond donors (Lipinski definition) is 0. The van der Waals surface area contributed by atoms with Gasteiger partial charge in [-0.1, -0.05) is 23.9 Å². The van der Waals surface area contributed by atoms with Gasteiger partial charge in [-0.05, 0) is 12.1 Å². The average Bonchev–Trinajstić information content (AvgIpc) is 2.61. The summed E-state index contributed by atoms with van der Waals surface area (Å²) in [5, 5.41) is 0.618. The van der Waals surface area contributed by atoms with Gasteiger partial charge in [-0.3, -0.25) is 4.79 Å². The maximum atomic E-state index is 11.0. The predicted molar refractivity (Wildman–Crippen MR) is 75.0 cm³/mol. The van der Waals surface area contributed by atoms with E-state index < -0.39 is 0 Å². The zero-order valence-corrected chi connectivity index (χ0v) is 11.3. The second-order valence-corrected chi connectivity index (χ2v) is 6.07. The number of imidazole rings is 1. The first-order valence-corrected chi connectivity index (χ1v) is 6.87. The minimum absolute atomic E-state index is 0.199. The van der Waals surface area contributed by atoms with E-state index in [1.54, 1.807) is 6.92 Å². The number of hydrogen-bond acceptors (Lipinski definition) is 4. The third-order valence-corrected chi connectivity index (χ3v) is 4.19. The summed E-state index contributed by atoms with van der Waals surface area (Å²) in [7, 11) is 2.04. The van der Waals surface area contributed by atoms with E-state index in [0.717, 1.165) is 30.1 Å². The molecule has 1 aromatic heterocycles. The highest BCUT2D eigenvalue weighted by Gasteiger charge is 2.31. The molecule has 0 amide bonds. The summed E-state index contributed by atoms with van der Waals surface area (Å²) in [6.45, 7) is 3.44. The van der Waals surface area contributed by atoms with Crippen molar-refractivity contribution in [3.8, 4) is 0 Å². The van der Waals surface area contributed by atoms with Gasteiger partial charge in [0.05, 0.1) is 11.0 Å². The van der Waals surface area contributed by atoms with Crippen molar-refractivity contribution in [1.29, 1.82) is 0 Å². The van der Waals surface area contributed by atoms with Crippen LogP contribution < -0.4 is 4.90 Å². The highest BCUT2D eigenvalue weighted by molar-refractivity contribution is 8.14. The molecule has 2 heterocycles. The van der Waals surface area contributed by atoms with Crippen LogP contribution in [0.3, 0.4) is 0 Å². The number of carbonyl (C=O) groups is 1. The molecule has 0 unspecified atom stereocenters. The minimum Gasteiger partial charge on any atom is -0.340 e. The summed E-state index contributed by atoms with van der Waals surface area (Å²) >= 11 is 1.43. The second-order valence-electron chi connectivity index (χ2n) is 4.60. The predicted octanol–water partition coefficient (Wildman–Crippen LogP) is 2.04. The van der Waals surface area contributed by atoms with Crippen molar-refractivity contribution >= 4 is 33.9 Å². The SMILES string of the molecule is CC(=O)SC1CN(c2nc3ccccc3n2C)C1. The fraction of sp³-hybridized carbons (Fsp3) is 0.385. The molecule has 1 aliphatic rings. The Balaban J connectivity index is 1.80. The van der Waals surface area contributed by atoms with Crippen LogP contribution in [0.5, 0.6) is 0 Å². The van der Waals surface area contributed by atoms with Gasteiger partial charge >= 0.3 is 0 Å². The van der Waals surface area contributed by atoms with Gasteiger partial charge in [-0.25, -0.2) is 4.98 Å². The number of carbonyl (C=O) groups excluding carboxylic acids is 1. The van der Waals surface area contributed by atoms with Gasteiger partial charge in [0.25, 0.3) is 0 Å². The molecule has 0 bridgehead atoms. The van der Waals surface area contributed by atoms with E-state index in [-0.39, 0.29) is 5.12 Å². The molecule has 0 N–H and O–H groups in total. The average molecular weight is 261 g/mol. The molecule has 2 aromatic rings. The van der Waals surface area contributed by atoms with Crippen LogP contribution in [0.15, 0.2) is 24.3 Å². The molecule has 5 heteroatoms. The standard InChI is InChI=1S/C13H15N3OS/c1-9(17)18-10-7-16(8-10)13-14-11-5-3-4-6-12(11)15(13)2/h3-6,10H,7-8H2,1-2H3. The molecule has 18 heavy (non-hydrogen) atoms. The Bertz CT molecular complexity index is 601. The fourth-order valence-electron chi connectivity index (χ4n) is 2.33. The van der Waals surface area contributed by atoms with Gasteiger partial charge in [0.15, 0.2) is 5.12 Å². The van der Waals surface area contributed by atoms with Gasteiger partial charge in [0, 0.05) is 32.3 Å². The number of thioether (sulfide) groups is 1. The highest BCUT2D eigenvalue weighted by atomic mass is 32.2. The summed E-state index contributed by atoms with van der Waals surface area (Å²) in [6.07, 6.45) is 0. The lowest BCUT2D eigenvalue weighted by Gasteiger charge is -2.38. The normalized spacial score (nSPS) is 16.0. The van der Waals surface area contributed by atoms with E-state index in [0.29, 0.717) is 5.25 Å². The number of aryl methyl sites for hydroxylation is 1. The molecule has 0 aliphatic carbocycles. The highest BCUT2D eigenvalue weighted by Crippen LogP contribution is 2.29. The van der Waals surface area contributed by atoms with Crippen LogP contribution in [0.2, 0.25) is 0 Å². The maximum absolute atomic E-state index is 11.0. The Morgan fingerprint density at radius 3 is 2.78 bits per heavy atom. The quantitative estimate of drug-likeness (QED) is 0.829. The first-order valence-electron chi connectivity index (χ1n) is 5.99. The van der Waals surface area contributed by atoms with Gasteiger partial charge in [0.2, 0.25) is 5.95 Å². The molecule has 1 fully saturated rings. The van der Waals surface area contributed by atoms with E-state index in [1.807, 2.05) is 25.2 Å². The number of aromatic nitrogens is 2. The Kier molecular flexibility index (Phi) is 2.78. The zero-order chi connectivity index (χ0) is 12.7. The lowest BCUT2D eigenvalue weighted by molar-refractivity contribution is -0.109. The molecule has 1 aromatic carbocycles. The molecular formula is C13H15N3OS. The topological polar surface area (TPSA) is 38.1 Å². The smallest absolute Gasteiger partial charge is 0.206 e. The second kappa shape index (κ2) is 4.31. The lowest BCUT2D eigenvalue weighted by atomic mass is 10.2. The number of rotatable bonds is 2. The molecule has 0 saturated carbocycles. The molecular weight excluding hydrogens is 246 g/mol. The number of nitrogens with zero attached hydrogens (tertiary/aromatic N) is 3. The van der Waals surface area contributed by atoms with Crippen LogP contribution in [-0.2, 0) is 11.8 Å². The minimum atomic E-state index is 0.199. The molecule has 0 spiro atoms. The molecule has 4 nitrogen and oxygen atoms in total. The lowest BCUT2D eigenvalue weighted by Crippen LogP contribution is -2.50. The van der Waals surface area contributed by atoms with Crippen molar-refractivity contribution in [2.24, 2.45) is 7.05 Å². The van der Waals surface area contributed by atoms with Crippen LogP contribution in [0.1, 0.15) is 6.92 Å². The van der Waals surface area contributed by atoms with Crippen LogP contribution in [0, 0.1) is 0 Å². The number of anilines is 1. The van der Waals surface area contributed by atoms with E-state index >= 15 is 0 Å². The van der Waals surface area contributed by atoms with Crippen LogP contribution in [0.4, 0.5) is 5.95 Å². The van der Waals surface area contributed by atoms with E-state index in [1.165, 1.54) is 11.8 Å². The van der Waals surface area contributed by atoms with Crippen LogP contribution in [0.25, 0.3) is 11.0 Å². The summed E-state index contributed by atoms with van der Waals surface area (Å²) in [6, 6.07) is 8.13. The Morgan fingerprint density at radius 1 is 1.39 bits per heavy atom. The monoisotopic (exact) mass is 261 g/mol. The van der Waals surface area contributed by atoms with Crippen molar-refractivity contribution in [1.82, 2.24) is 9.55 Å². The summed E-state index contributed by atoms with van der Waals surface area (Å²) < 4.78 is 2.12. The van der Waals surface area contributed by atoms with Gasteiger partial charge in [0.1, 0.15) is 0 Å². The number of fused-ring (bicyclic) bond motifs is 1. The summed E-state index contributed by atoms with van der Waals surface area (Å²) in [4.78, 5) is 17.9. The molecule has 0 radical (unpaired) electrons. The first-order chi connectivity index (χ1) is 8.65. The summed E-state index contributed by atoms with van der Waals surface area (Å²) in [5.74, 6) is 0.997. The fourth-order valence-corrected chi connectivity index (χ4v) is 3.30. The molecule has 1 saturated heterocycles. The third kappa shape index (κ3) is 1.88. The van der Waals surface area contributed by atoms with Crippen molar-refractivity contribution in [3.05, 3.63) is 24.3 Å². The maximum Gasteiger partial charge on any atom is 0.206 e. The van der Waals surface area contributed by atoms with Crippen molar-refractivity contribution in [3.63, 3.8) is 0 Å². The van der Waals surface area contributed by atoms with Gasteiger partial charge in [-0.2, -0.15) is 0 Å². The molecule has 1 aliphatic heterocycles. The van der Waals surface area contributed by atoms with Crippen molar-refractivity contribution in [2.75, 3.05) is 18.0 Å². The van der Waals surface area contributed by atoms with Gasteiger partial charge in [-0.15, -0.1) is 0 Å². The molecule has 3 rings (SSSR count). The van der Waals surface area contributed by atoms with Crippen molar-refractivity contribution in [2.45, 2.75) is 12.2 Å². The molecule has 94 valence electrons.